The zero-order valence-corrected chi connectivity index (χ0v) is 16.4. The summed E-state index contributed by atoms with van der Waals surface area (Å²) in [6, 6.07) is -0.839. The molecule has 3 aliphatic rings. The number of rotatable bonds is 4. The fourth-order valence-electron chi connectivity index (χ4n) is 4.61. The van der Waals surface area contributed by atoms with Crippen LogP contribution < -0.4 is 5.32 Å². The van der Waals surface area contributed by atoms with E-state index in [1.54, 1.807) is 18.7 Å². The lowest BCUT2D eigenvalue weighted by Gasteiger charge is -2.41. The first-order valence-corrected chi connectivity index (χ1v) is 9.75. The number of nitrogens with one attached hydrogen (secondary N) is 1. The number of hydrogen-bond donors (Lipinski definition) is 1. The second-order valence-electron chi connectivity index (χ2n) is 9.16. The maximum absolute atomic E-state index is 13.4. The molecule has 2 aliphatic carbocycles. The van der Waals surface area contributed by atoms with Crippen LogP contribution in [0.15, 0.2) is 0 Å². The number of carbonyl (C=O) groups is 2. The molecule has 3 rings (SSSR count). The van der Waals surface area contributed by atoms with E-state index < -0.39 is 23.0 Å². The van der Waals surface area contributed by atoms with E-state index in [0.29, 0.717) is 19.0 Å². The van der Waals surface area contributed by atoms with E-state index in [1.807, 2.05) is 0 Å². The molecule has 1 N–H and O–H groups in total. The third-order valence-corrected chi connectivity index (χ3v) is 6.58. The molecule has 1 unspecified atom stereocenters. The van der Waals surface area contributed by atoms with Gasteiger partial charge in [-0.15, -0.1) is 9.24 Å². The molecule has 0 radical (unpaired) electrons. The van der Waals surface area contributed by atoms with Gasteiger partial charge in [0.2, 0.25) is 17.7 Å². The van der Waals surface area contributed by atoms with Crippen molar-refractivity contribution >= 4 is 28.9 Å². The fourth-order valence-corrected chi connectivity index (χ4v) is 4.69. The third kappa shape index (κ3) is 3.72. The Morgan fingerprint density at radius 1 is 1.36 bits per heavy atom. The van der Waals surface area contributed by atoms with Crippen LogP contribution in [0.1, 0.15) is 46.0 Å². The third-order valence-electron chi connectivity index (χ3n) is 6.32. The lowest BCUT2D eigenvalue weighted by Crippen LogP contribution is -2.59. The van der Waals surface area contributed by atoms with Crippen LogP contribution in [0.5, 0.6) is 0 Å². The Labute approximate surface area is 151 Å². The minimum absolute atomic E-state index is 0.146. The average molecular weight is 372 g/mol. The summed E-state index contributed by atoms with van der Waals surface area (Å²) in [7, 11) is 4.65. The van der Waals surface area contributed by atoms with Gasteiger partial charge in [0.05, 0.1) is 5.16 Å². The zero-order chi connectivity index (χ0) is 18.6. The van der Waals surface area contributed by atoms with Crippen LogP contribution in [0, 0.1) is 11.8 Å². The Morgan fingerprint density at radius 2 is 2.00 bits per heavy atom. The van der Waals surface area contributed by atoms with Crippen LogP contribution in [0.3, 0.4) is 0 Å². The lowest BCUT2D eigenvalue weighted by atomic mass is 9.64. The van der Waals surface area contributed by atoms with Gasteiger partial charge in [-0.1, -0.05) is 12.8 Å². The van der Waals surface area contributed by atoms with E-state index in [9.17, 15) is 18.4 Å². The van der Waals surface area contributed by atoms with Crippen molar-refractivity contribution in [1.29, 1.82) is 0 Å². The van der Waals surface area contributed by atoms with Crippen LogP contribution in [-0.2, 0) is 9.59 Å². The second kappa shape index (κ2) is 6.18. The maximum atomic E-state index is 13.4. The average Bonchev–Trinajstić information content (AvgIpc) is 2.94. The Morgan fingerprint density at radius 3 is 2.52 bits per heavy atom. The van der Waals surface area contributed by atoms with Crippen LogP contribution in [0.2, 0.25) is 5.31 Å². The topological polar surface area (TPSA) is 49.4 Å². The molecule has 1 aliphatic heterocycles. The first-order valence-electron chi connectivity index (χ1n) is 9.18. The minimum Gasteiger partial charge on any atom is -0.343 e. The minimum atomic E-state index is -2.71. The molecule has 0 spiro atoms. The number of nitrogens with zero attached hydrogens (tertiary/aromatic N) is 1. The van der Waals surface area contributed by atoms with E-state index in [0.717, 1.165) is 12.8 Å². The molecule has 0 aromatic heterocycles. The highest BCUT2D eigenvalue weighted by Gasteiger charge is 2.54. The molecular formula is C17H28BF2N2O2P. The molecule has 1 saturated heterocycles. The molecule has 4 nitrogen and oxygen atoms in total. The first kappa shape index (κ1) is 19.1. The number of alkyl halides is 2. The summed E-state index contributed by atoms with van der Waals surface area (Å²) < 4.78 is 26.7. The Hall–Kier alpha value is -0.705. The first-order chi connectivity index (χ1) is 11.4. The monoisotopic (exact) mass is 372 g/mol. The normalized spacial score (nSPS) is 32.8. The van der Waals surface area contributed by atoms with Gasteiger partial charge in [0.25, 0.3) is 0 Å². The molecule has 140 valence electrons. The summed E-state index contributed by atoms with van der Waals surface area (Å²) in [6.07, 6.45) is 2.78. The Kier molecular flexibility index (Phi) is 4.71. The van der Waals surface area contributed by atoms with Gasteiger partial charge in [-0.25, -0.2) is 8.78 Å². The highest BCUT2D eigenvalue weighted by Crippen LogP contribution is 2.52. The molecular weight excluding hydrogens is 344 g/mol. The van der Waals surface area contributed by atoms with Crippen molar-refractivity contribution in [2.45, 2.75) is 68.4 Å². The molecule has 25 heavy (non-hydrogen) atoms. The number of amides is 2. The van der Waals surface area contributed by atoms with Gasteiger partial charge in [-0.2, -0.15) is 0 Å². The predicted octanol–water partition coefficient (Wildman–Crippen LogP) is 1.60. The van der Waals surface area contributed by atoms with E-state index in [1.165, 1.54) is 6.42 Å². The zero-order valence-electron chi connectivity index (χ0n) is 15.3. The molecule has 3 fully saturated rings. The molecule has 8 heteroatoms. The number of fused-ring (bicyclic) bond motifs is 1. The predicted molar refractivity (Wildman–Crippen MR) is 98.5 cm³/mol. The smallest absolute Gasteiger partial charge is 0.248 e. The fraction of sp³-hybridized carbons (Fsp3) is 0.882. The van der Waals surface area contributed by atoms with Crippen molar-refractivity contribution < 1.29 is 18.4 Å². The number of hydrogen-bond acceptors (Lipinski definition) is 2. The van der Waals surface area contributed by atoms with Gasteiger partial charge in [0.15, 0.2) is 0 Å². The molecule has 1 heterocycles. The van der Waals surface area contributed by atoms with E-state index in [2.05, 4.69) is 22.4 Å². The SMILES string of the molecule is B[C@@]12CCC[C@@H]1CN(C(=O)[C@@H](NC(=O)C(C)(C)P)C1CC(F)(F)C1)C2. The van der Waals surface area contributed by atoms with E-state index >= 15 is 0 Å². The summed E-state index contributed by atoms with van der Waals surface area (Å²) >= 11 is 0. The Bertz CT molecular complexity index is 575. The van der Waals surface area contributed by atoms with Gasteiger partial charge >= 0.3 is 0 Å². The van der Waals surface area contributed by atoms with Crippen molar-refractivity contribution in [3.8, 4) is 0 Å². The van der Waals surface area contributed by atoms with Gasteiger partial charge in [-0.3, -0.25) is 9.59 Å². The number of carbonyl (C=O) groups excluding carboxylic acids is 2. The van der Waals surface area contributed by atoms with Crippen molar-refractivity contribution in [3.05, 3.63) is 0 Å². The summed E-state index contributed by atoms with van der Waals surface area (Å²) in [5.74, 6) is -3.17. The molecule has 0 aromatic rings. The van der Waals surface area contributed by atoms with Crippen molar-refractivity contribution in [3.63, 3.8) is 0 Å². The molecule has 2 amide bonds. The molecule has 0 bridgehead atoms. The summed E-state index contributed by atoms with van der Waals surface area (Å²) in [4.78, 5) is 27.3. The van der Waals surface area contributed by atoms with Crippen LogP contribution in [-0.4, -0.2) is 54.8 Å². The maximum Gasteiger partial charge on any atom is 0.248 e. The standard InChI is InChI=1S/C17H28BF2N2O2P/c1-15(2,25)14(24)21-12(10-6-17(19,20)7-10)13(23)22-8-11-4-3-5-16(11,18)9-22/h10-12H,3-9,18,25H2,1-2H3,(H,21,24)/t11-,12+,16-/m1/s1. The van der Waals surface area contributed by atoms with E-state index in [4.69, 9.17) is 0 Å². The molecule has 4 atom stereocenters. The molecule has 0 aromatic carbocycles. The van der Waals surface area contributed by atoms with Crippen molar-refractivity contribution in [2.75, 3.05) is 13.1 Å². The quantitative estimate of drug-likeness (QED) is 0.602. The van der Waals surface area contributed by atoms with Gasteiger partial charge < -0.3 is 10.2 Å². The summed E-state index contributed by atoms with van der Waals surface area (Å²) in [6.45, 7) is 4.82. The molecule has 2 saturated carbocycles. The van der Waals surface area contributed by atoms with Gasteiger partial charge in [0, 0.05) is 25.9 Å². The van der Waals surface area contributed by atoms with Crippen molar-refractivity contribution in [2.24, 2.45) is 11.8 Å². The number of halogens is 2. The van der Waals surface area contributed by atoms with Crippen LogP contribution >= 0.6 is 9.24 Å². The lowest BCUT2D eigenvalue weighted by molar-refractivity contribution is -0.151. The summed E-state index contributed by atoms with van der Waals surface area (Å²) in [5, 5.41) is 2.18. The van der Waals surface area contributed by atoms with Gasteiger partial charge in [-0.05, 0) is 37.4 Å². The van der Waals surface area contributed by atoms with Gasteiger partial charge in [0.1, 0.15) is 13.9 Å². The second-order valence-corrected chi connectivity index (χ2v) is 10.6. The number of likely N-dealkylation sites (tertiary alicyclic amines) is 1. The highest BCUT2D eigenvalue weighted by atomic mass is 31.0. The summed E-state index contributed by atoms with van der Waals surface area (Å²) in [5.41, 5.74) is 0. The Balaban J connectivity index is 1.73. The largest absolute Gasteiger partial charge is 0.343 e. The van der Waals surface area contributed by atoms with Crippen LogP contribution in [0.4, 0.5) is 8.78 Å². The van der Waals surface area contributed by atoms with E-state index in [-0.39, 0.29) is 30.0 Å². The van der Waals surface area contributed by atoms with Crippen LogP contribution in [0.25, 0.3) is 0 Å². The van der Waals surface area contributed by atoms with Crippen molar-refractivity contribution in [1.82, 2.24) is 10.2 Å². The highest BCUT2D eigenvalue weighted by molar-refractivity contribution is 7.20.